The van der Waals surface area contributed by atoms with Gasteiger partial charge in [-0.2, -0.15) is 0 Å². The minimum atomic E-state index is -0.146. The molecule has 0 aliphatic rings. The maximum Gasteiger partial charge on any atom is 0.187 e. The fourth-order valence-corrected chi connectivity index (χ4v) is 3.35. The topological polar surface area (TPSA) is 68.6 Å². The number of aromatic nitrogens is 1. The summed E-state index contributed by atoms with van der Waals surface area (Å²) in [6.07, 6.45) is 0. The maximum absolute atomic E-state index is 9.62. The van der Waals surface area contributed by atoms with Gasteiger partial charge in [0.2, 0.25) is 0 Å². The van der Waals surface area contributed by atoms with Gasteiger partial charge in [-0.15, -0.1) is 11.3 Å². The largest absolute Gasteiger partial charge is 0.504 e. The average molecular weight is 355 g/mol. The van der Waals surface area contributed by atoms with Crippen LogP contribution in [0.1, 0.15) is 13.8 Å². The number of hydrogen-bond donors (Lipinski definition) is 3. The molecule has 2 aromatic carbocycles. The molecule has 0 saturated heterocycles. The molecule has 3 aromatic rings. The zero-order valence-corrected chi connectivity index (χ0v) is 15.0. The van der Waals surface area contributed by atoms with E-state index in [-0.39, 0.29) is 11.5 Å². The summed E-state index contributed by atoms with van der Waals surface area (Å²) in [4.78, 5) is 6.83. The van der Waals surface area contributed by atoms with Crippen molar-refractivity contribution in [3.63, 3.8) is 0 Å². The summed E-state index contributed by atoms with van der Waals surface area (Å²) in [5, 5.41) is 25.0. The van der Waals surface area contributed by atoms with Crippen LogP contribution in [0.5, 0.6) is 11.5 Å². The van der Waals surface area contributed by atoms with E-state index in [1.54, 1.807) is 6.07 Å². The summed E-state index contributed by atoms with van der Waals surface area (Å²) in [5.74, 6) is -0.280. The van der Waals surface area contributed by atoms with Crippen molar-refractivity contribution in [3.05, 3.63) is 47.8 Å². The second-order valence-electron chi connectivity index (χ2n) is 5.59. The summed E-state index contributed by atoms with van der Waals surface area (Å²) in [6, 6.07) is 13.0. The molecule has 0 spiro atoms. The van der Waals surface area contributed by atoms with Gasteiger partial charge in [0.15, 0.2) is 16.6 Å². The maximum atomic E-state index is 9.62. The predicted octanol–water partition coefficient (Wildman–Crippen LogP) is 4.81. The van der Waals surface area contributed by atoms with E-state index in [1.165, 1.54) is 29.2 Å². The molecule has 25 heavy (non-hydrogen) atoms. The Morgan fingerprint density at radius 2 is 1.72 bits per heavy atom. The van der Waals surface area contributed by atoms with Crippen LogP contribution in [0.2, 0.25) is 0 Å². The molecular formula is C19H21N3O2S. The number of phenols is 2. The molecule has 0 saturated carbocycles. The van der Waals surface area contributed by atoms with Gasteiger partial charge in [0.05, 0.1) is 5.69 Å². The van der Waals surface area contributed by atoms with Crippen LogP contribution in [0.25, 0.3) is 11.3 Å². The average Bonchev–Trinajstić information content (AvgIpc) is 3.08. The zero-order chi connectivity index (χ0) is 17.8. The standard InChI is InChI=1S/C19H21N3O2S/c1-3-22(4-2)15-8-6-14(7-9-15)20-19-21-16(12-25-19)13-5-10-17(23)18(24)11-13/h5-12,23-24H,3-4H2,1-2H3,(H,20,21). The van der Waals surface area contributed by atoms with Crippen molar-refractivity contribution in [1.29, 1.82) is 0 Å². The lowest BCUT2D eigenvalue weighted by molar-refractivity contribution is 0.404. The SMILES string of the molecule is CCN(CC)c1ccc(Nc2nc(-c3ccc(O)c(O)c3)cs2)cc1. The lowest BCUT2D eigenvalue weighted by Gasteiger charge is -2.21. The van der Waals surface area contributed by atoms with Gasteiger partial charge in [-0.25, -0.2) is 4.98 Å². The number of benzene rings is 2. The number of aromatic hydroxyl groups is 2. The monoisotopic (exact) mass is 355 g/mol. The van der Waals surface area contributed by atoms with Crippen LogP contribution in [0.3, 0.4) is 0 Å². The number of hydrogen-bond acceptors (Lipinski definition) is 6. The van der Waals surface area contributed by atoms with Crippen LogP contribution in [-0.4, -0.2) is 28.3 Å². The molecule has 130 valence electrons. The molecule has 6 heteroatoms. The van der Waals surface area contributed by atoms with Crippen molar-refractivity contribution >= 4 is 27.8 Å². The third-order valence-corrected chi connectivity index (χ3v) is 4.78. The van der Waals surface area contributed by atoms with Gasteiger partial charge in [0.25, 0.3) is 0 Å². The molecule has 3 N–H and O–H groups in total. The number of rotatable bonds is 6. The highest BCUT2D eigenvalue weighted by molar-refractivity contribution is 7.14. The van der Waals surface area contributed by atoms with Gasteiger partial charge in [-0.05, 0) is 56.3 Å². The first-order valence-corrected chi connectivity index (χ1v) is 9.08. The van der Waals surface area contributed by atoms with Crippen molar-refractivity contribution in [2.45, 2.75) is 13.8 Å². The third kappa shape index (κ3) is 3.85. The fourth-order valence-electron chi connectivity index (χ4n) is 2.61. The third-order valence-electron chi connectivity index (χ3n) is 4.02. The molecule has 3 rings (SSSR count). The number of anilines is 3. The molecule has 0 unspecified atom stereocenters. The fraction of sp³-hybridized carbons (Fsp3) is 0.211. The van der Waals surface area contributed by atoms with E-state index in [0.717, 1.165) is 35.2 Å². The van der Waals surface area contributed by atoms with Gasteiger partial charge in [0.1, 0.15) is 0 Å². The number of nitrogens with one attached hydrogen (secondary N) is 1. The van der Waals surface area contributed by atoms with Gasteiger partial charge in [0, 0.05) is 35.4 Å². The van der Waals surface area contributed by atoms with E-state index < -0.39 is 0 Å². The molecule has 0 atom stereocenters. The minimum absolute atomic E-state index is 0.134. The quantitative estimate of drug-likeness (QED) is 0.554. The van der Waals surface area contributed by atoms with Crippen LogP contribution >= 0.6 is 11.3 Å². The molecule has 0 aliphatic carbocycles. The number of thiazole rings is 1. The Morgan fingerprint density at radius 1 is 1.00 bits per heavy atom. The molecule has 0 fully saturated rings. The molecular weight excluding hydrogens is 334 g/mol. The molecule has 1 heterocycles. The van der Waals surface area contributed by atoms with Crippen molar-refractivity contribution < 1.29 is 10.2 Å². The second kappa shape index (κ2) is 7.44. The minimum Gasteiger partial charge on any atom is -0.504 e. The smallest absolute Gasteiger partial charge is 0.187 e. The van der Waals surface area contributed by atoms with Crippen LogP contribution in [0, 0.1) is 0 Å². The summed E-state index contributed by atoms with van der Waals surface area (Å²) in [7, 11) is 0. The normalized spacial score (nSPS) is 10.6. The summed E-state index contributed by atoms with van der Waals surface area (Å²) < 4.78 is 0. The number of nitrogens with zero attached hydrogens (tertiary/aromatic N) is 2. The van der Waals surface area contributed by atoms with E-state index in [9.17, 15) is 10.2 Å². The van der Waals surface area contributed by atoms with E-state index in [0.29, 0.717) is 0 Å². The Balaban J connectivity index is 1.74. The molecule has 5 nitrogen and oxygen atoms in total. The van der Waals surface area contributed by atoms with Crippen LogP contribution in [0.4, 0.5) is 16.5 Å². The van der Waals surface area contributed by atoms with Crippen molar-refractivity contribution in [2.75, 3.05) is 23.3 Å². The zero-order valence-electron chi connectivity index (χ0n) is 14.2. The Kier molecular flexibility index (Phi) is 5.09. The van der Waals surface area contributed by atoms with E-state index in [2.05, 4.69) is 41.2 Å². The first-order chi connectivity index (χ1) is 12.1. The first-order valence-electron chi connectivity index (χ1n) is 8.20. The molecule has 1 aromatic heterocycles. The lowest BCUT2D eigenvalue weighted by atomic mass is 10.1. The second-order valence-corrected chi connectivity index (χ2v) is 6.44. The Hall–Kier alpha value is -2.73. The lowest BCUT2D eigenvalue weighted by Crippen LogP contribution is -2.21. The Labute approximate surface area is 151 Å². The summed E-state index contributed by atoms with van der Waals surface area (Å²) in [6.45, 7) is 6.26. The summed E-state index contributed by atoms with van der Waals surface area (Å²) >= 11 is 1.49. The van der Waals surface area contributed by atoms with E-state index in [4.69, 9.17) is 0 Å². The molecule has 0 radical (unpaired) electrons. The van der Waals surface area contributed by atoms with E-state index >= 15 is 0 Å². The summed E-state index contributed by atoms with van der Waals surface area (Å²) in [5.41, 5.74) is 3.69. The van der Waals surface area contributed by atoms with Gasteiger partial charge in [-0.1, -0.05) is 0 Å². The molecule has 0 bridgehead atoms. The van der Waals surface area contributed by atoms with E-state index in [1.807, 2.05) is 17.5 Å². The Morgan fingerprint density at radius 3 is 2.36 bits per heavy atom. The van der Waals surface area contributed by atoms with Crippen molar-refractivity contribution in [1.82, 2.24) is 4.98 Å². The highest BCUT2D eigenvalue weighted by Gasteiger charge is 2.08. The first kappa shape index (κ1) is 17.1. The number of phenolic OH excluding ortho intramolecular Hbond substituents is 2. The van der Waals surface area contributed by atoms with Gasteiger partial charge < -0.3 is 20.4 Å². The molecule has 0 amide bonds. The van der Waals surface area contributed by atoms with Crippen molar-refractivity contribution in [3.8, 4) is 22.8 Å². The van der Waals surface area contributed by atoms with Crippen LogP contribution in [-0.2, 0) is 0 Å². The van der Waals surface area contributed by atoms with Crippen molar-refractivity contribution in [2.24, 2.45) is 0 Å². The highest BCUT2D eigenvalue weighted by atomic mass is 32.1. The molecule has 0 aliphatic heterocycles. The predicted molar refractivity (Wildman–Crippen MR) is 104 cm³/mol. The van der Waals surface area contributed by atoms with Crippen LogP contribution < -0.4 is 10.2 Å². The van der Waals surface area contributed by atoms with Gasteiger partial charge >= 0.3 is 0 Å². The Bertz CT molecular complexity index is 842. The van der Waals surface area contributed by atoms with Gasteiger partial charge in [-0.3, -0.25) is 0 Å². The van der Waals surface area contributed by atoms with Crippen LogP contribution in [0.15, 0.2) is 47.8 Å². The highest BCUT2D eigenvalue weighted by Crippen LogP contribution is 2.33.